The number of carbonyl (C=O) groups is 1. The van der Waals surface area contributed by atoms with Crippen LogP contribution in [-0.4, -0.2) is 44.8 Å². The second kappa shape index (κ2) is 7.00. The molecule has 4 rings (SSSR count). The van der Waals surface area contributed by atoms with Gasteiger partial charge < -0.3 is 14.2 Å². The molecule has 0 N–H and O–H groups in total. The van der Waals surface area contributed by atoms with E-state index in [0.717, 1.165) is 31.0 Å². The molecule has 0 amide bonds. The molecule has 136 valence electrons. The molecule has 0 spiro atoms. The number of fused-ring (bicyclic) bond motifs is 3. The molecule has 1 saturated heterocycles. The number of ether oxygens (including phenoxy) is 3. The molecular weight excluding hydrogens is 330 g/mol. The topological polar surface area (TPSA) is 48.0 Å². The Balaban J connectivity index is 1.49. The Morgan fingerprint density at radius 3 is 2.58 bits per heavy atom. The fourth-order valence-corrected chi connectivity index (χ4v) is 4.03. The van der Waals surface area contributed by atoms with E-state index in [0.29, 0.717) is 18.1 Å². The minimum Gasteiger partial charge on any atom is -0.493 e. The number of carbonyl (C=O) groups excluding carboxylic acids is 1. The minimum atomic E-state index is -0.257. The Morgan fingerprint density at radius 2 is 1.85 bits per heavy atom. The minimum absolute atomic E-state index is 0.257. The Kier molecular flexibility index (Phi) is 4.55. The van der Waals surface area contributed by atoms with Crippen LogP contribution in [0.4, 0.5) is 0 Å². The quantitative estimate of drug-likeness (QED) is 0.773. The monoisotopic (exact) mass is 353 g/mol. The number of esters is 1. The van der Waals surface area contributed by atoms with Gasteiger partial charge in [-0.1, -0.05) is 18.2 Å². The van der Waals surface area contributed by atoms with Gasteiger partial charge in [0.2, 0.25) is 0 Å². The number of hydrogen-bond acceptors (Lipinski definition) is 5. The van der Waals surface area contributed by atoms with Crippen LogP contribution in [0.1, 0.15) is 27.5 Å². The lowest BCUT2D eigenvalue weighted by Crippen LogP contribution is -2.54. The number of methoxy groups -OCH3 is 2. The largest absolute Gasteiger partial charge is 0.493 e. The van der Waals surface area contributed by atoms with Gasteiger partial charge in [-0.2, -0.15) is 0 Å². The third-order valence-electron chi connectivity index (χ3n) is 5.38. The van der Waals surface area contributed by atoms with Crippen LogP contribution in [0.3, 0.4) is 0 Å². The first-order valence-electron chi connectivity index (χ1n) is 8.92. The Hall–Kier alpha value is -2.53. The molecule has 2 atom stereocenters. The van der Waals surface area contributed by atoms with Gasteiger partial charge >= 0.3 is 5.97 Å². The van der Waals surface area contributed by atoms with Gasteiger partial charge in [-0.3, -0.25) is 4.90 Å². The zero-order chi connectivity index (χ0) is 18.1. The van der Waals surface area contributed by atoms with Gasteiger partial charge in [-0.15, -0.1) is 0 Å². The summed E-state index contributed by atoms with van der Waals surface area (Å²) in [6.45, 7) is 2.42. The molecule has 0 bridgehead atoms. The highest BCUT2D eigenvalue weighted by Gasteiger charge is 2.44. The van der Waals surface area contributed by atoms with Crippen LogP contribution >= 0.6 is 0 Å². The van der Waals surface area contributed by atoms with Crippen molar-refractivity contribution < 1.29 is 19.0 Å². The smallest absolute Gasteiger partial charge is 0.338 e. The van der Waals surface area contributed by atoms with Crippen molar-refractivity contribution in [3.8, 4) is 11.5 Å². The third kappa shape index (κ3) is 2.92. The van der Waals surface area contributed by atoms with E-state index >= 15 is 0 Å². The summed E-state index contributed by atoms with van der Waals surface area (Å²) in [4.78, 5) is 14.6. The zero-order valence-corrected chi connectivity index (χ0v) is 15.1. The highest BCUT2D eigenvalue weighted by atomic mass is 16.5. The van der Waals surface area contributed by atoms with E-state index < -0.39 is 0 Å². The van der Waals surface area contributed by atoms with Crippen molar-refractivity contribution in [2.24, 2.45) is 5.92 Å². The summed E-state index contributed by atoms with van der Waals surface area (Å²) >= 11 is 0. The van der Waals surface area contributed by atoms with Gasteiger partial charge in [-0.05, 0) is 41.8 Å². The van der Waals surface area contributed by atoms with Crippen molar-refractivity contribution in [2.45, 2.75) is 12.5 Å². The van der Waals surface area contributed by atoms with Gasteiger partial charge in [0.05, 0.1) is 26.4 Å². The average molecular weight is 353 g/mol. The van der Waals surface area contributed by atoms with E-state index in [4.69, 9.17) is 14.2 Å². The molecular formula is C21H23NO4. The maximum atomic E-state index is 12.2. The second-order valence-corrected chi connectivity index (χ2v) is 6.82. The van der Waals surface area contributed by atoms with Gasteiger partial charge in [0.25, 0.3) is 0 Å². The van der Waals surface area contributed by atoms with E-state index in [2.05, 4.69) is 17.0 Å². The summed E-state index contributed by atoms with van der Waals surface area (Å²) < 4.78 is 16.5. The van der Waals surface area contributed by atoms with Crippen LogP contribution in [-0.2, 0) is 11.2 Å². The van der Waals surface area contributed by atoms with E-state index in [1.54, 1.807) is 26.4 Å². The SMILES string of the molecule is COc1cc2c(cc1OC)C1C(COC(=O)c3ccccc3)CN1CC2. The zero-order valence-electron chi connectivity index (χ0n) is 15.1. The van der Waals surface area contributed by atoms with E-state index in [1.165, 1.54) is 11.1 Å². The first kappa shape index (κ1) is 16.9. The highest BCUT2D eigenvalue weighted by molar-refractivity contribution is 5.89. The van der Waals surface area contributed by atoms with Crippen LogP contribution in [0, 0.1) is 5.92 Å². The highest BCUT2D eigenvalue weighted by Crippen LogP contribution is 2.46. The van der Waals surface area contributed by atoms with Crippen LogP contribution in [0.25, 0.3) is 0 Å². The Labute approximate surface area is 153 Å². The van der Waals surface area contributed by atoms with Crippen LogP contribution in [0.15, 0.2) is 42.5 Å². The van der Waals surface area contributed by atoms with Crippen molar-refractivity contribution >= 4 is 5.97 Å². The summed E-state index contributed by atoms with van der Waals surface area (Å²) in [5, 5.41) is 0. The normalized spacial score (nSPS) is 21.2. The molecule has 26 heavy (non-hydrogen) atoms. The molecule has 2 aromatic rings. The molecule has 2 aliphatic rings. The molecule has 0 aromatic heterocycles. The van der Waals surface area contributed by atoms with E-state index in [-0.39, 0.29) is 12.0 Å². The Morgan fingerprint density at radius 1 is 1.12 bits per heavy atom. The molecule has 2 unspecified atom stereocenters. The first-order valence-corrected chi connectivity index (χ1v) is 8.92. The van der Waals surface area contributed by atoms with Crippen LogP contribution in [0.2, 0.25) is 0 Å². The van der Waals surface area contributed by atoms with Crippen molar-refractivity contribution in [3.05, 3.63) is 59.2 Å². The first-order chi connectivity index (χ1) is 12.7. The molecule has 2 heterocycles. The van der Waals surface area contributed by atoms with Crippen molar-refractivity contribution in [2.75, 3.05) is 33.9 Å². The molecule has 1 fully saturated rings. The van der Waals surface area contributed by atoms with Gasteiger partial charge in [-0.25, -0.2) is 4.79 Å². The summed E-state index contributed by atoms with van der Waals surface area (Å²) in [6.07, 6.45) is 1.00. The summed E-state index contributed by atoms with van der Waals surface area (Å²) in [6, 6.07) is 13.6. The fourth-order valence-electron chi connectivity index (χ4n) is 4.03. The molecule has 2 aliphatic heterocycles. The van der Waals surface area contributed by atoms with Gasteiger partial charge in [0.1, 0.15) is 0 Å². The van der Waals surface area contributed by atoms with Crippen LogP contribution in [0.5, 0.6) is 11.5 Å². The number of benzene rings is 2. The molecule has 5 heteroatoms. The van der Waals surface area contributed by atoms with Crippen molar-refractivity contribution in [1.82, 2.24) is 4.90 Å². The fraction of sp³-hybridized carbons (Fsp3) is 0.381. The molecule has 0 saturated carbocycles. The maximum absolute atomic E-state index is 12.2. The maximum Gasteiger partial charge on any atom is 0.338 e. The molecule has 0 aliphatic carbocycles. The third-order valence-corrected chi connectivity index (χ3v) is 5.38. The van der Waals surface area contributed by atoms with Crippen molar-refractivity contribution in [1.29, 1.82) is 0 Å². The lowest BCUT2D eigenvalue weighted by atomic mass is 9.78. The van der Waals surface area contributed by atoms with E-state index in [9.17, 15) is 4.79 Å². The second-order valence-electron chi connectivity index (χ2n) is 6.82. The summed E-state index contributed by atoms with van der Waals surface area (Å²) in [5.74, 6) is 1.57. The number of hydrogen-bond donors (Lipinski definition) is 0. The van der Waals surface area contributed by atoms with Gasteiger partial charge in [0, 0.05) is 25.0 Å². The molecule has 2 aromatic carbocycles. The predicted molar refractivity (Wildman–Crippen MR) is 97.8 cm³/mol. The lowest BCUT2D eigenvalue weighted by molar-refractivity contribution is -0.0357. The lowest BCUT2D eigenvalue weighted by Gasteiger charge is -2.51. The molecule has 5 nitrogen and oxygen atoms in total. The number of nitrogens with zero attached hydrogens (tertiary/aromatic N) is 1. The Bertz CT molecular complexity index is 805. The summed E-state index contributed by atoms with van der Waals surface area (Å²) in [5.41, 5.74) is 3.16. The standard InChI is InChI=1S/C21H23NO4/c1-24-18-10-15-8-9-22-12-16(20(22)17(15)11-19(18)25-2)13-26-21(23)14-6-4-3-5-7-14/h3-7,10-11,16,20H,8-9,12-13H2,1-2H3. The number of rotatable bonds is 5. The molecule has 0 radical (unpaired) electrons. The average Bonchev–Trinajstić information content (AvgIpc) is 2.67. The predicted octanol–water partition coefficient (Wildman–Crippen LogP) is 3.09. The van der Waals surface area contributed by atoms with Crippen molar-refractivity contribution in [3.63, 3.8) is 0 Å². The summed E-state index contributed by atoms with van der Waals surface area (Å²) in [7, 11) is 3.32. The van der Waals surface area contributed by atoms with E-state index in [1.807, 2.05) is 18.2 Å². The van der Waals surface area contributed by atoms with Crippen LogP contribution < -0.4 is 9.47 Å². The van der Waals surface area contributed by atoms with Gasteiger partial charge in [0.15, 0.2) is 11.5 Å².